The third kappa shape index (κ3) is 7.93. The van der Waals surface area contributed by atoms with Crippen molar-refractivity contribution < 1.29 is 19.0 Å². The maximum Gasteiger partial charge on any atom is 0.408 e. The lowest BCUT2D eigenvalue weighted by Crippen LogP contribution is -2.39. The van der Waals surface area contributed by atoms with Crippen molar-refractivity contribution in [2.24, 2.45) is 0 Å². The highest BCUT2D eigenvalue weighted by atomic mass is 19.1. The van der Waals surface area contributed by atoms with Gasteiger partial charge in [-0.1, -0.05) is 12.2 Å². The SMILES string of the molecule is CC(C)(C)OC(=O)NC(/C=C/CO)CF. The average Bonchev–Trinajstić information content (AvgIpc) is 2.09. The molecule has 0 radical (unpaired) electrons. The summed E-state index contributed by atoms with van der Waals surface area (Å²) in [7, 11) is 0. The molecule has 0 aliphatic heterocycles. The van der Waals surface area contributed by atoms with Crippen molar-refractivity contribution in [3.63, 3.8) is 0 Å². The highest BCUT2D eigenvalue weighted by molar-refractivity contribution is 5.68. The normalized spacial score (nSPS) is 13.9. The van der Waals surface area contributed by atoms with Gasteiger partial charge in [0.2, 0.25) is 0 Å². The molecule has 88 valence electrons. The van der Waals surface area contributed by atoms with E-state index in [1.807, 2.05) is 0 Å². The minimum atomic E-state index is -0.757. The Kier molecular flexibility index (Phi) is 5.93. The van der Waals surface area contributed by atoms with Crippen molar-refractivity contribution in [1.29, 1.82) is 0 Å². The van der Waals surface area contributed by atoms with Crippen LogP contribution in [0.2, 0.25) is 0 Å². The highest BCUT2D eigenvalue weighted by Gasteiger charge is 2.17. The Morgan fingerprint density at radius 3 is 2.60 bits per heavy atom. The van der Waals surface area contributed by atoms with E-state index in [1.54, 1.807) is 20.8 Å². The zero-order valence-corrected chi connectivity index (χ0v) is 9.29. The van der Waals surface area contributed by atoms with E-state index in [1.165, 1.54) is 12.2 Å². The number of nitrogens with one attached hydrogen (secondary N) is 1. The van der Waals surface area contributed by atoms with E-state index in [-0.39, 0.29) is 6.61 Å². The summed E-state index contributed by atoms with van der Waals surface area (Å²) in [6, 6.07) is -0.757. The van der Waals surface area contributed by atoms with E-state index >= 15 is 0 Å². The molecule has 1 atom stereocenters. The van der Waals surface area contributed by atoms with Crippen LogP contribution in [0.1, 0.15) is 20.8 Å². The maximum absolute atomic E-state index is 12.4. The molecule has 0 aromatic rings. The van der Waals surface area contributed by atoms with Gasteiger partial charge in [-0.3, -0.25) is 0 Å². The lowest BCUT2D eigenvalue weighted by atomic mass is 10.2. The molecule has 0 fully saturated rings. The number of alkyl carbamates (subject to hydrolysis) is 1. The summed E-state index contributed by atoms with van der Waals surface area (Å²) in [5.74, 6) is 0. The van der Waals surface area contributed by atoms with Crippen molar-refractivity contribution in [1.82, 2.24) is 5.32 Å². The van der Waals surface area contributed by atoms with Crippen LogP contribution in [0.5, 0.6) is 0 Å². The van der Waals surface area contributed by atoms with Crippen molar-refractivity contribution in [3.8, 4) is 0 Å². The number of ether oxygens (including phenoxy) is 1. The number of halogens is 1. The third-order valence-corrected chi connectivity index (χ3v) is 1.34. The Morgan fingerprint density at radius 1 is 1.60 bits per heavy atom. The first-order valence-corrected chi connectivity index (χ1v) is 4.72. The van der Waals surface area contributed by atoms with E-state index in [2.05, 4.69) is 5.32 Å². The van der Waals surface area contributed by atoms with Gasteiger partial charge in [0.15, 0.2) is 0 Å². The second-order valence-corrected chi connectivity index (χ2v) is 4.02. The molecule has 4 nitrogen and oxygen atoms in total. The fraction of sp³-hybridized carbons (Fsp3) is 0.700. The van der Waals surface area contributed by atoms with Crippen molar-refractivity contribution >= 4 is 6.09 Å². The lowest BCUT2D eigenvalue weighted by molar-refractivity contribution is 0.0508. The molecule has 0 aliphatic rings. The summed E-state index contributed by atoms with van der Waals surface area (Å²) in [5.41, 5.74) is -0.606. The summed E-state index contributed by atoms with van der Waals surface area (Å²) in [6.07, 6.45) is 2.07. The molecule has 0 aromatic heterocycles. The fourth-order valence-electron chi connectivity index (χ4n) is 0.822. The first-order valence-electron chi connectivity index (χ1n) is 4.72. The Hall–Kier alpha value is -1.10. The molecule has 0 bridgehead atoms. The lowest BCUT2D eigenvalue weighted by Gasteiger charge is -2.21. The van der Waals surface area contributed by atoms with Gasteiger partial charge in [0.1, 0.15) is 12.3 Å². The Bertz CT molecular complexity index is 223. The molecule has 0 aromatic carbocycles. The van der Waals surface area contributed by atoms with Crippen LogP contribution in [-0.4, -0.2) is 36.1 Å². The van der Waals surface area contributed by atoms with E-state index in [0.29, 0.717) is 0 Å². The van der Waals surface area contributed by atoms with Gasteiger partial charge in [0.05, 0.1) is 12.6 Å². The van der Waals surface area contributed by atoms with Gasteiger partial charge in [-0.25, -0.2) is 9.18 Å². The second kappa shape index (κ2) is 6.40. The average molecular weight is 219 g/mol. The predicted molar refractivity (Wildman–Crippen MR) is 55.4 cm³/mol. The monoisotopic (exact) mass is 219 g/mol. The number of aliphatic hydroxyl groups is 1. The van der Waals surface area contributed by atoms with Crippen molar-refractivity contribution in [2.75, 3.05) is 13.3 Å². The Morgan fingerprint density at radius 2 is 2.20 bits per heavy atom. The summed E-state index contributed by atoms with van der Waals surface area (Å²) < 4.78 is 17.3. The molecular weight excluding hydrogens is 201 g/mol. The van der Waals surface area contributed by atoms with Gasteiger partial charge >= 0.3 is 6.09 Å². The van der Waals surface area contributed by atoms with Crippen LogP contribution in [0, 0.1) is 0 Å². The first-order chi connectivity index (χ1) is 6.89. The molecule has 1 unspecified atom stereocenters. The van der Waals surface area contributed by atoms with Gasteiger partial charge in [-0.2, -0.15) is 0 Å². The van der Waals surface area contributed by atoms with Gasteiger partial charge < -0.3 is 15.2 Å². The largest absolute Gasteiger partial charge is 0.444 e. The topological polar surface area (TPSA) is 58.6 Å². The van der Waals surface area contributed by atoms with E-state index < -0.39 is 24.4 Å². The van der Waals surface area contributed by atoms with Crippen LogP contribution in [0.15, 0.2) is 12.2 Å². The van der Waals surface area contributed by atoms with Gasteiger partial charge in [0, 0.05) is 0 Å². The van der Waals surface area contributed by atoms with Crippen LogP contribution in [0.25, 0.3) is 0 Å². The molecule has 0 saturated carbocycles. The summed E-state index contributed by atoms with van der Waals surface area (Å²) in [5, 5.41) is 10.8. The Labute approximate surface area is 89.1 Å². The maximum atomic E-state index is 12.4. The zero-order valence-electron chi connectivity index (χ0n) is 9.29. The third-order valence-electron chi connectivity index (χ3n) is 1.34. The van der Waals surface area contributed by atoms with Crippen LogP contribution in [-0.2, 0) is 4.74 Å². The molecular formula is C10H18FNO3. The number of amides is 1. The molecule has 0 saturated heterocycles. The summed E-state index contributed by atoms with van der Waals surface area (Å²) >= 11 is 0. The highest BCUT2D eigenvalue weighted by Crippen LogP contribution is 2.06. The van der Waals surface area contributed by atoms with Gasteiger partial charge in [0.25, 0.3) is 0 Å². The number of carbonyl (C=O) groups is 1. The van der Waals surface area contributed by atoms with E-state index in [4.69, 9.17) is 9.84 Å². The molecule has 5 heteroatoms. The fourth-order valence-corrected chi connectivity index (χ4v) is 0.822. The number of alkyl halides is 1. The van der Waals surface area contributed by atoms with Gasteiger partial charge in [-0.05, 0) is 20.8 Å². The number of rotatable bonds is 4. The number of aliphatic hydroxyl groups excluding tert-OH is 1. The van der Waals surface area contributed by atoms with Crippen molar-refractivity contribution in [3.05, 3.63) is 12.2 Å². The molecule has 0 heterocycles. The van der Waals surface area contributed by atoms with Crippen LogP contribution >= 0.6 is 0 Å². The quantitative estimate of drug-likeness (QED) is 0.703. The molecule has 1 amide bonds. The second-order valence-electron chi connectivity index (χ2n) is 4.02. The van der Waals surface area contributed by atoms with Crippen molar-refractivity contribution in [2.45, 2.75) is 32.4 Å². The molecule has 0 rings (SSSR count). The minimum absolute atomic E-state index is 0.188. The molecule has 0 spiro atoms. The number of carbonyl (C=O) groups excluding carboxylic acids is 1. The zero-order chi connectivity index (χ0) is 11.9. The smallest absolute Gasteiger partial charge is 0.408 e. The number of hydrogen-bond donors (Lipinski definition) is 2. The Balaban J connectivity index is 4.07. The van der Waals surface area contributed by atoms with Crippen LogP contribution < -0.4 is 5.32 Å². The predicted octanol–water partition coefficient (Wildman–Crippen LogP) is 1.40. The number of hydrogen-bond acceptors (Lipinski definition) is 3. The van der Waals surface area contributed by atoms with E-state index in [9.17, 15) is 9.18 Å². The molecule has 0 aliphatic carbocycles. The molecule has 15 heavy (non-hydrogen) atoms. The van der Waals surface area contributed by atoms with Crippen LogP contribution in [0.3, 0.4) is 0 Å². The summed E-state index contributed by atoms with van der Waals surface area (Å²) in [4.78, 5) is 11.2. The van der Waals surface area contributed by atoms with Crippen LogP contribution in [0.4, 0.5) is 9.18 Å². The molecule has 2 N–H and O–H groups in total. The van der Waals surface area contributed by atoms with Gasteiger partial charge in [-0.15, -0.1) is 0 Å². The standard InChI is InChI=1S/C10H18FNO3/c1-10(2,3)15-9(14)12-8(7-11)5-4-6-13/h4-5,8,13H,6-7H2,1-3H3,(H,12,14)/b5-4+. The minimum Gasteiger partial charge on any atom is -0.444 e. The summed E-state index contributed by atoms with van der Waals surface area (Å²) in [6.45, 7) is 4.24. The first kappa shape index (κ1) is 13.9. The van der Waals surface area contributed by atoms with E-state index in [0.717, 1.165) is 0 Å².